The van der Waals surface area contributed by atoms with Gasteiger partial charge in [0.15, 0.2) is 0 Å². The number of rotatable bonds is 5. The van der Waals surface area contributed by atoms with Gasteiger partial charge in [0.25, 0.3) is 10.2 Å². The second kappa shape index (κ2) is 6.18. The van der Waals surface area contributed by atoms with E-state index in [-0.39, 0.29) is 12.0 Å². The fourth-order valence-electron chi connectivity index (χ4n) is 1.90. The molecule has 1 aliphatic rings. The van der Waals surface area contributed by atoms with Crippen LogP contribution in [-0.2, 0) is 10.2 Å². The second-order valence-corrected chi connectivity index (χ2v) is 5.96. The summed E-state index contributed by atoms with van der Waals surface area (Å²) in [6.07, 6.45) is -2.93. The van der Waals surface area contributed by atoms with Crippen LogP contribution < -0.4 is 14.8 Å². The first-order valence-electron chi connectivity index (χ1n) is 5.74. The minimum Gasteiger partial charge on any atom is -0.317 e. The van der Waals surface area contributed by atoms with Gasteiger partial charge in [-0.25, -0.2) is 0 Å². The highest BCUT2D eigenvalue weighted by Gasteiger charge is 2.30. The summed E-state index contributed by atoms with van der Waals surface area (Å²) in [4.78, 5) is 0. The van der Waals surface area contributed by atoms with Crippen LogP contribution in [0.3, 0.4) is 0 Å². The Labute approximate surface area is 105 Å². The molecule has 0 amide bonds. The molecule has 1 rings (SSSR count). The van der Waals surface area contributed by atoms with Crippen molar-refractivity contribution in [3.8, 4) is 0 Å². The smallest absolute Gasteiger partial charge is 0.317 e. The maximum atomic E-state index is 11.9. The lowest BCUT2D eigenvalue weighted by Gasteiger charge is -2.28. The van der Waals surface area contributed by atoms with Crippen molar-refractivity contribution in [2.45, 2.75) is 32.0 Å². The number of hydrogen-bond donors (Lipinski definition) is 3. The fourth-order valence-corrected chi connectivity index (χ4v) is 3.02. The third-order valence-corrected chi connectivity index (χ3v) is 4.10. The highest BCUT2D eigenvalue weighted by atomic mass is 32.2. The average Bonchev–Trinajstić information content (AvgIpc) is 2.26. The second-order valence-electron chi connectivity index (χ2n) is 4.43. The molecule has 0 saturated carbocycles. The van der Waals surface area contributed by atoms with Crippen LogP contribution in [-0.4, -0.2) is 40.3 Å². The summed E-state index contributed by atoms with van der Waals surface area (Å²) in [6, 6.07) is -0.377. The third-order valence-electron chi connectivity index (χ3n) is 2.89. The number of hydrogen-bond acceptors (Lipinski definition) is 3. The van der Waals surface area contributed by atoms with Gasteiger partial charge in [-0.1, -0.05) is 0 Å². The van der Waals surface area contributed by atoms with Crippen molar-refractivity contribution in [3.05, 3.63) is 0 Å². The Morgan fingerprint density at radius 1 is 1.33 bits per heavy atom. The van der Waals surface area contributed by atoms with E-state index in [4.69, 9.17) is 0 Å². The van der Waals surface area contributed by atoms with E-state index in [1.54, 1.807) is 6.92 Å². The van der Waals surface area contributed by atoms with Crippen molar-refractivity contribution in [2.24, 2.45) is 5.92 Å². The molecule has 0 aromatic heterocycles. The molecule has 0 radical (unpaired) electrons. The highest BCUT2D eigenvalue weighted by molar-refractivity contribution is 7.87. The normalized spacial score (nSPS) is 20.9. The number of piperidine rings is 1. The molecule has 5 nitrogen and oxygen atoms in total. The Bertz CT molecular complexity index is 353. The van der Waals surface area contributed by atoms with E-state index in [2.05, 4.69) is 10.0 Å². The number of halogens is 3. The van der Waals surface area contributed by atoms with Crippen molar-refractivity contribution < 1.29 is 21.6 Å². The Morgan fingerprint density at radius 3 is 2.39 bits per heavy atom. The van der Waals surface area contributed by atoms with Gasteiger partial charge in [0.2, 0.25) is 0 Å². The molecule has 0 aromatic carbocycles. The standard InChI is InChI=1S/C9H18F3N3O2S/c1-7(8-2-4-13-5-3-8)15-18(16,17)14-6-9(10,11)12/h7-8,13-15H,2-6H2,1H3. The molecule has 0 aromatic rings. The minimum atomic E-state index is -4.55. The first-order valence-corrected chi connectivity index (χ1v) is 7.22. The Balaban J connectivity index is 2.43. The van der Waals surface area contributed by atoms with E-state index in [0.29, 0.717) is 0 Å². The van der Waals surface area contributed by atoms with Crippen molar-refractivity contribution in [3.63, 3.8) is 0 Å². The third kappa shape index (κ3) is 5.98. The molecule has 1 heterocycles. The lowest BCUT2D eigenvalue weighted by atomic mass is 9.92. The lowest BCUT2D eigenvalue weighted by molar-refractivity contribution is -0.121. The largest absolute Gasteiger partial charge is 0.402 e. The van der Waals surface area contributed by atoms with Crippen molar-refractivity contribution >= 4 is 10.2 Å². The maximum Gasteiger partial charge on any atom is 0.402 e. The van der Waals surface area contributed by atoms with Gasteiger partial charge in [-0.15, -0.1) is 0 Å². The van der Waals surface area contributed by atoms with Gasteiger partial charge in [0.05, 0.1) is 0 Å². The van der Waals surface area contributed by atoms with Gasteiger partial charge >= 0.3 is 6.18 Å². The summed E-state index contributed by atoms with van der Waals surface area (Å²) < 4.78 is 62.3. The van der Waals surface area contributed by atoms with Crippen LogP contribution in [0.5, 0.6) is 0 Å². The van der Waals surface area contributed by atoms with Crippen LogP contribution in [0.2, 0.25) is 0 Å². The topological polar surface area (TPSA) is 70.2 Å². The SMILES string of the molecule is CC(NS(=O)(=O)NCC(F)(F)F)C1CCNCC1. The minimum absolute atomic E-state index is 0.147. The summed E-state index contributed by atoms with van der Waals surface area (Å²) in [5.41, 5.74) is 0. The predicted octanol–water partition coefficient (Wildman–Crippen LogP) is 0.361. The van der Waals surface area contributed by atoms with Crippen molar-refractivity contribution in [2.75, 3.05) is 19.6 Å². The van der Waals surface area contributed by atoms with Crippen LogP contribution >= 0.6 is 0 Å². The zero-order chi connectivity index (χ0) is 13.8. The molecule has 1 fully saturated rings. The predicted molar refractivity (Wildman–Crippen MR) is 61.2 cm³/mol. The van der Waals surface area contributed by atoms with Gasteiger partial charge in [-0.05, 0) is 38.8 Å². The quantitative estimate of drug-likeness (QED) is 0.684. The lowest BCUT2D eigenvalue weighted by Crippen LogP contribution is -2.48. The Hall–Kier alpha value is -0.380. The molecule has 18 heavy (non-hydrogen) atoms. The Morgan fingerprint density at radius 2 is 1.89 bits per heavy atom. The zero-order valence-electron chi connectivity index (χ0n) is 10.0. The van der Waals surface area contributed by atoms with E-state index in [9.17, 15) is 21.6 Å². The summed E-state index contributed by atoms with van der Waals surface area (Å²) >= 11 is 0. The van der Waals surface area contributed by atoms with Gasteiger partial charge < -0.3 is 5.32 Å². The zero-order valence-corrected chi connectivity index (χ0v) is 10.9. The monoisotopic (exact) mass is 289 g/mol. The van der Waals surface area contributed by atoms with Gasteiger partial charge in [-0.3, -0.25) is 0 Å². The molecule has 0 aliphatic carbocycles. The number of alkyl halides is 3. The van der Waals surface area contributed by atoms with Crippen LogP contribution in [0.15, 0.2) is 0 Å². The molecule has 1 saturated heterocycles. The van der Waals surface area contributed by atoms with E-state index < -0.39 is 22.9 Å². The van der Waals surface area contributed by atoms with Crippen LogP contribution in [0.25, 0.3) is 0 Å². The molecular weight excluding hydrogens is 271 g/mol. The van der Waals surface area contributed by atoms with Crippen molar-refractivity contribution in [1.29, 1.82) is 0 Å². The molecule has 108 valence electrons. The van der Waals surface area contributed by atoms with Crippen LogP contribution in [0.4, 0.5) is 13.2 Å². The van der Waals surface area contributed by atoms with E-state index in [1.165, 1.54) is 4.72 Å². The molecule has 0 spiro atoms. The molecule has 1 aliphatic heterocycles. The molecule has 1 atom stereocenters. The molecule has 9 heteroatoms. The molecule has 3 N–H and O–H groups in total. The molecule has 0 bridgehead atoms. The molecule has 1 unspecified atom stereocenters. The summed E-state index contributed by atoms with van der Waals surface area (Å²) in [5, 5.41) is 3.14. The highest BCUT2D eigenvalue weighted by Crippen LogP contribution is 2.17. The van der Waals surface area contributed by atoms with Gasteiger partial charge in [0, 0.05) is 6.04 Å². The first kappa shape index (κ1) is 15.7. The average molecular weight is 289 g/mol. The maximum absolute atomic E-state index is 11.9. The van der Waals surface area contributed by atoms with Crippen molar-refractivity contribution in [1.82, 2.24) is 14.8 Å². The number of nitrogens with one attached hydrogen (secondary N) is 3. The van der Waals surface area contributed by atoms with Gasteiger partial charge in [-0.2, -0.15) is 31.0 Å². The first-order chi connectivity index (χ1) is 8.20. The van der Waals surface area contributed by atoms with Crippen LogP contribution in [0.1, 0.15) is 19.8 Å². The summed E-state index contributed by atoms with van der Waals surface area (Å²) in [5.74, 6) is 0.147. The summed E-state index contributed by atoms with van der Waals surface area (Å²) in [7, 11) is -4.10. The van der Waals surface area contributed by atoms with E-state index in [0.717, 1.165) is 25.9 Å². The molecular formula is C9H18F3N3O2S. The van der Waals surface area contributed by atoms with Crippen LogP contribution in [0, 0.1) is 5.92 Å². The van der Waals surface area contributed by atoms with E-state index >= 15 is 0 Å². The van der Waals surface area contributed by atoms with E-state index in [1.807, 2.05) is 0 Å². The fraction of sp³-hybridized carbons (Fsp3) is 1.00. The van der Waals surface area contributed by atoms with Gasteiger partial charge in [0.1, 0.15) is 6.54 Å². The Kier molecular flexibility index (Phi) is 5.38. The summed E-state index contributed by atoms with van der Waals surface area (Å²) in [6.45, 7) is 1.71.